The van der Waals surface area contributed by atoms with Gasteiger partial charge in [0.05, 0.1) is 13.1 Å². The molecule has 0 aliphatic carbocycles. The zero-order valence-corrected chi connectivity index (χ0v) is 7.88. The molecule has 0 unspecified atom stereocenters. The zero-order valence-electron chi connectivity index (χ0n) is 7.88. The topological polar surface area (TPSA) is 78.4 Å². The van der Waals surface area contributed by atoms with Crippen molar-refractivity contribution in [3.63, 3.8) is 0 Å². The van der Waals surface area contributed by atoms with E-state index in [1.165, 1.54) is 0 Å². The van der Waals surface area contributed by atoms with Gasteiger partial charge in [0.2, 0.25) is 5.91 Å². The Hall–Kier alpha value is -1.54. The molecule has 0 aliphatic rings. The average molecular weight is 198 g/mol. The van der Waals surface area contributed by atoms with Crippen LogP contribution in [0.1, 0.15) is 12.8 Å². The fourth-order valence-corrected chi connectivity index (χ4v) is 0.778. The molecule has 0 aromatic carbocycles. The predicted molar refractivity (Wildman–Crippen MR) is 51.6 cm³/mol. The van der Waals surface area contributed by atoms with Crippen LogP contribution in [0, 0.1) is 12.3 Å². The number of hydrogen-bond acceptors (Lipinski definition) is 3. The Bertz CT molecular complexity index is 233. The van der Waals surface area contributed by atoms with Gasteiger partial charge in [-0.3, -0.25) is 14.9 Å². The Balaban J connectivity index is 3.28. The van der Waals surface area contributed by atoms with Crippen LogP contribution >= 0.6 is 0 Å². The summed E-state index contributed by atoms with van der Waals surface area (Å²) >= 11 is 0. The van der Waals surface area contributed by atoms with E-state index in [9.17, 15) is 9.59 Å². The quantitative estimate of drug-likeness (QED) is 0.369. The molecule has 3 N–H and O–H groups in total. The highest BCUT2D eigenvalue weighted by Crippen LogP contribution is 1.85. The van der Waals surface area contributed by atoms with E-state index < -0.39 is 5.97 Å². The average Bonchev–Trinajstić information content (AvgIpc) is 2.13. The molecule has 0 aromatic rings. The van der Waals surface area contributed by atoms with Crippen LogP contribution in [0.3, 0.4) is 0 Å². The molecular weight excluding hydrogens is 184 g/mol. The van der Waals surface area contributed by atoms with Gasteiger partial charge in [0, 0.05) is 13.0 Å². The number of rotatable bonds is 7. The summed E-state index contributed by atoms with van der Waals surface area (Å²) in [6, 6.07) is 0. The second-order valence-corrected chi connectivity index (χ2v) is 2.65. The van der Waals surface area contributed by atoms with Crippen molar-refractivity contribution in [2.75, 3.05) is 19.6 Å². The first-order valence-corrected chi connectivity index (χ1v) is 4.29. The maximum absolute atomic E-state index is 11.0. The third kappa shape index (κ3) is 8.56. The maximum Gasteiger partial charge on any atom is 0.303 e. The Morgan fingerprint density at radius 3 is 2.71 bits per heavy atom. The molecule has 0 aliphatic heterocycles. The zero-order chi connectivity index (χ0) is 10.8. The fraction of sp³-hybridized carbons (Fsp3) is 0.556. The first kappa shape index (κ1) is 12.5. The summed E-state index contributed by atoms with van der Waals surface area (Å²) < 4.78 is 0. The minimum Gasteiger partial charge on any atom is -0.481 e. The highest BCUT2D eigenvalue weighted by Gasteiger charge is 2.00. The lowest BCUT2D eigenvalue weighted by Crippen LogP contribution is -2.34. The molecule has 0 atom stereocenters. The Labute approximate surface area is 82.9 Å². The number of carbonyl (C=O) groups excluding carboxylic acids is 1. The number of carboxylic acid groups (broad SMARTS) is 1. The van der Waals surface area contributed by atoms with Crippen molar-refractivity contribution in [1.29, 1.82) is 0 Å². The predicted octanol–water partition coefficient (Wildman–Crippen LogP) is -0.810. The van der Waals surface area contributed by atoms with Gasteiger partial charge < -0.3 is 10.4 Å². The molecule has 0 heterocycles. The third-order valence-electron chi connectivity index (χ3n) is 1.40. The van der Waals surface area contributed by atoms with Crippen molar-refractivity contribution in [1.82, 2.24) is 10.6 Å². The van der Waals surface area contributed by atoms with Crippen LogP contribution in [0.2, 0.25) is 0 Å². The first-order valence-electron chi connectivity index (χ1n) is 4.29. The number of hydrogen-bond donors (Lipinski definition) is 3. The monoisotopic (exact) mass is 198 g/mol. The number of terminal acetylenes is 1. The third-order valence-corrected chi connectivity index (χ3v) is 1.40. The van der Waals surface area contributed by atoms with Crippen molar-refractivity contribution < 1.29 is 14.7 Å². The second-order valence-electron chi connectivity index (χ2n) is 2.65. The van der Waals surface area contributed by atoms with Gasteiger partial charge in [-0.15, -0.1) is 6.42 Å². The van der Waals surface area contributed by atoms with Crippen LogP contribution in [0.25, 0.3) is 0 Å². The molecule has 0 spiro atoms. The minimum absolute atomic E-state index is 0.0675. The van der Waals surface area contributed by atoms with E-state index in [2.05, 4.69) is 16.6 Å². The number of aliphatic carboxylic acids is 1. The first-order chi connectivity index (χ1) is 6.66. The maximum atomic E-state index is 11.0. The molecule has 5 nitrogen and oxygen atoms in total. The van der Waals surface area contributed by atoms with Crippen molar-refractivity contribution in [2.24, 2.45) is 0 Å². The Kier molecular flexibility index (Phi) is 7.19. The van der Waals surface area contributed by atoms with Crippen molar-refractivity contribution >= 4 is 11.9 Å². The molecular formula is C9H14N2O3. The van der Waals surface area contributed by atoms with Gasteiger partial charge in [-0.1, -0.05) is 5.92 Å². The van der Waals surface area contributed by atoms with Crippen molar-refractivity contribution in [2.45, 2.75) is 12.8 Å². The van der Waals surface area contributed by atoms with Crippen LogP contribution in [-0.2, 0) is 9.59 Å². The van der Waals surface area contributed by atoms with Crippen LogP contribution in [0.15, 0.2) is 0 Å². The fourth-order valence-electron chi connectivity index (χ4n) is 0.778. The number of amides is 1. The van der Waals surface area contributed by atoms with E-state index in [0.717, 1.165) is 0 Å². The molecule has 5 heteroatoms. The molecule has 0 radical (unpaired) electrons. The highest BCUT2D eigenvalue weighted by molar-refractivity contribution is 5.78. The van der Waals surface area contributed by atoms with E-state index in [1.54, 1.807) is 0 Å². The van der Waals surface area contributed by atoms with Crippen LogP contribution in [0.5, 0.6) is 0 Å². The summed E-state index contributed by atoms with van der Waals surface area (Å²) in [7, 11) is 0. The molecule has 78 valence electrons. The summed E-state index contributed by atoms with van der Waals surface area (Å²) in [6.07, 6.45) is 5.47. The van der Waals surface area contributed by atoms with Gasteiger partial charge in [-0.05, 0) is 6.42 Å². The lowest BCUT2D eigenvalue weighted by molar-refractivity contribution is -0.137. The van der Waals surface area contributed by atoms with Gasteiger partial charge in [0.25, 0.3) is 0 Å². The van der Waals surface area contributed by atoms with Gasteiger partial charge in [0.1, 0.15) is 0 Å². The number of carbonyl (C=O) groups is 2. The standard InChI is InChI=1S/C9H14N2O3/c1-2-5-10-7-8(12)11-6-3-4-9(13)14/h1,10H,3-7H2,(H,11,12)(H,13,14). The lowest BCUT2D eigenvalue weighted by Gasteiger charge is -2.03. The summed E-state index contributed by atoms with van der Waals surface area (Å²) in [5.74, 6) is 1.30. The van der Waals surface area contributed by atoms with E-state index in [0.29, 0.717) is 19.5 Å². The highest BCUT2D eigenvalue weighted by atomic mass is 16.4. The van der Waals surface area contributed by atoms with Crippen molar-refractivity contribution in [3.8, 4) is 12.3 Å². The van der Waals surface area contributed by atoms with E-state index >= 15 is 0 Å². The molecule has 1 amide bonds. The van der Waals surface area contributed by atoms with Gasteiger partial charge in [-0.25, -0.2) is 0 Å². The molecule has 0 rings (SSSR count). The summed E-state index contributed by atoms with van der Waals surface area (Å²) in [6.45, 7) is 0.892. The van der Waals surface area contributed by atoms with E-state index in [1.807, 2.05) is 0 Å². The molecule has 0 saturated carbocycles. The summed E-state index contributed by atoms with van der Waals surface area (Å²) in [5, 5.41) is 13.6. The molecule has 0 aromatic heterocycles. The minimum atomic E-state index is -0.857. The number of nitrogens with one attached hydrogen (secondary N) is 2. The van der Waals surface area contributed by atoms with E-state index in [-0.39, 0.29) is 18.9 Å². The van der Waals surface area contributed by atoms with Crippen LogP contribution < -0.4 is 10.6 Å². The Morgan fingerprint density at radius 1 is 1.43 bits per heavy atom. The SMILES string of the molecule is C#CCNCC(=O)NCCCC(=O)O. The number of carboxylic acids is 1. The summed E-state index contributed by atoms with van der Waals surface area (Å²) in [4.78, 5) is 21.1. The van der Waals surface area contributed by atoms with Crippen LogP contribution in [-0.4, -0.2) is 36.6 Å². The van der Waals surface area contributed by atoms with Gasteiger partial charge in [0.15, 0.2) is 0 Å². The molecule has 14 heavy (non-hydrogen) atoms. The van der Waals surface area contributed by atoms with Crippen molar-refractivity contribution in [3.05, 3.63) is 0 Å². The second kappa shape index (κ2) is 8.08. The smallest absolute Gasteiger partial charge is 0.303 e. The lowest BCUT2D eigenvalue weighted by atomic mass is 10.3. The van der Waals surface area contributed by atoms with Gasteiger partial charge >= 0.3 is 5.97 Å². The summed E-state index contributed by atoms with van der Waals surface area (Å²) in [5.41, 5.74) is 0. The van der Waals surface area contributed by atoms with Gasteiger partial charge in [-0.2, -0.15) is 0 Å². The Morgan fingerprint density at radius 2 is 2.14 bits per heavy atom. The largest absolute Gasteiger partial charge is 0.481 e. The molecule has 0 fully saturated rings. The van der Waals surface area contributed by atoms with Crippen LogP contribution in [0.4, 0.5) is 0 Å². The van der Waals surface area contributed by atoms with E-state index in [4.69, 9.17) is 11.5 Å². The normalized spacial score (nSPS) is 9.07. The molecule has 0 saturated heterocycles. The molecule has 0 bridgehead atoms.